The van der Waals surface area contributed by atoms with Crippen molar-refractivity contribution in [2.45, 2.75) is 26.3 Å². The monoisotopic (exact) mass is 319 g/mol. The van der Waals surface area contributed by atoms with Gasteiger partial charge < -0.3 is 10.6 Å². The number of hydrogen-bond donors (Lipinski definition) is 2. The van der Waals surface area contributed by atoms with Crippen molar-refractivity contribution < 1.29 is 14.5 Å². The minimum absolute atomic E-state index is 0.0819. The van der Waals surface area contributed by atoms with Crippen molar-refractivity contribution in [1.82, 2.24) is 10.6 Å². The maximum Gasteiger partial charge on any atom is 0.276 e. The molecule has 0 aliphatic carbocycles. The van der Waals surface area contributed by atoms with Crippen LogP contribution in [0.4, 0.5) is 5.69 Å². The number of nitrogens with zero attached hydrogens (tertiary/aromatic N) is 1. The maximum absolute atomic E-state index is 12.0. The van der Waals surface area contributed by atoms with Crippen molar-refractivity contribution in [2.75, 3.05) is 7.05 Å². The van der Waals surface area contributed by atoms with Crippen LogP contribution in [-0.4, -0.2) is 29.8 Å². The first-order chi connectivity index (χ1) is 10.8. The van der Waals surface area contributed by atoms with Crippen LogP contribution in [0, 0.1) is 16.0 Å². The molecule has 0 spiro atoms. The third-order valence-electron chi connectivity index (χ3n) is 3.13. The van der Waals surface area contributed by atoms with Crippen LogP contribution in [0.2, 0.25) is 0 Å². The van der Waals surface area contributed by atoms with Crippen molar-refractivity contribution in [3.8, 4) is 0 Å². The fraction of sp³-hybridized carbons (Fsp3) is 0.375. The molecule has 1 atom stereocenters. The first-order valence-corrected chi connectivity index (χ1v) is 7.28. The summed E-state index contributed by atoms with van der Waals surface area (Å²) in [5.41, 5.74) is 0.245. The van der Waals surface area contributed by atoms with E-state index in [1.54, 1.807) is 18.2 Å². The Morgan fingerprint density at radius 1 is 1.30 bits per heavy atom. The molecule has 0 fully saturated rings. The van der Waals surface area contributed by atoms with Gasteiger partial charge in [-0.15, -0.1) is 0 Å². The second-order valence-electron chi connectivity index (χ2n) is 5.45. The molecule has 23 heavy (non-hydrogen) atoms. The number of nitrogens with one attached hydrogen (secondary N) is 2. The molecule has 7 heteroatoms. The van der Waals surface area contributed by atoms with Crippen LogP contribution in [0.3, 0.4) is 0 Å². The van der Waals surface area contributed by atoms with Gasteiger partial charge in [0.25, 0.3) is 5.69 Å². The number of para-hydroxylation sites is 1. The molecular weight excluding hydrogens is 298 g/mol. The fourth-order valence-corrected chi connectivity index (χ4v) is 2.06. The van der Waals surface area contributed by atoms with E-state index in [9.17, 15) is 19.7 Å². The number of benzene rings is 1. The first kappa shape index (κ1) is 18.3. The number of likely N-dealkylation sites (N-methyl/N-ethyl adjacent to an activating group) is 1. The molecule has 0 saturated carbocycles. The molecule has 0 saturated heterocycles. The van der Waals surface area contributed by atoms with E-state index in [2.05, 4.69) is 10.6 Å². The Morgan fingerprint density at radius 3 is 2.52 bits per heavy atom. The molecule has 7 nitrogen and oxygen atoms in total. The third-order valence-corrected chi connectivity index (χ3v) is 3.13. The number of rotatable bonds is 7. The highest BCUT2D eigenvalue weighted by molar-refractivity contribution is 5.95. The van der Waals surface area contributed by atoms with Crippen molar-refractivity contribution in [1.29, 1.82) is 0 Å². The Kier molecular flexibility index (Phi) is 6.92. The summed E-state index contributed by atoms with van der Waals surface area (Å²) in [7, 11) is 1.50. The second-order valence-corrected chi connectivity index (χ2v) is 5.45. The van der Waals surface area contributed by atoms with Gasteiger partial charge in [-0.05, 0) is 24.5 Å². The van der Waals surface area contributed by atoms with E-state index in [4.69, 9.17) is 0 Å². The van der Waals surface area contributed by atoms with Gasteiger partial charge in [0.2, 0.25) is 11.8 Å². The van der Waals surface area contributed by atoms with Gasteiger partial charge in [0.15, 0.2) is 0 Å². The van der Waals surface area contributed by atoms with Gasteiger partial charge in [0.1, 0.15) is 6.04 Å². The molecule has 0 aliphatic rings. The lowest BCUT2D eigenvalue weighted by atomic mass is 10.0. The quantitative estimate of drug-likeness (QED) is 0.455. The average Bonchev–Trinajstić information content (AvgIpc) is 2.51. The van der Waals surface area contributed by atoms with E-state index in [1.807, 2.05) is 13.8 Å². The summed E-state index contributed by atoms with van der Waals surface area (Å²) in [4.78, 5) is 34.1. The molecule has 0 heterocycles. The summed E-state index contributed by atoms with van der Waals surface area (Å²) in [6.07, 6.45) is 3.06. The largest absolute Gasteiger partial charge is 0.357 e. The number of amides is 2. The van der Waals surface area contributed by atoms with Gasteiger partial charge >= 0.3 is 0 Å². The van der Waals surface area contributed by atoms with Gasteiger partial charge in [-0.2, -0.15) is 0 Å². The molecule has 2 N–H and O–H groups in total. The zero-order chi connectivity index (χ0) is 17.4. The molecular formula is C16H21N3O4. The average molecular weight is 319 g/mol. The summed E-state index contributed by atoms with van der Waals surface area (Å²) in [5, 5.41) is 16.0. The SMILES string of the molecule is CNC(=O)C(CC(C)C)NC(=O)/C=C/c1ccccc1[N+](=O)[O-]. The van der Waals surface area contributed by atoms with Crippen molar-refractivity contribution in [3.63, 3.8) is 0 Å². The predicted octanol–water partition coefficient (Wildman–Crippen LogP) is 1.88. The van der Waals surface area contributed by atoms with E-state index >= 15 is 0 Å². The zero-order valence-corrected chi connectivity index (χ0v) is 13.4. The van der Waals surface area contributed by atoms with Gasteiger partial charge in [0, 0.05) is 19.2 Å². The summed E-state index contributed by atoms with van der Waals surface area (Å²) in [5.74, 6) is -0.514. The van der Waals surface area contributed by atoms with Crippen LogP contribution in [-0.2, 0) is 9.59 Å². The summed E-state index contributed by atoms with van der Waals surface area (Å²) in [6, 6.07) is 5.48. The molecule has 0 aliphatic heterocycles. The predicted molar refractivity (Wildman–Crippen MR) is 87.6 cm³/mol. The molecule has 2 amide bonds. The summed E-state index contributed by atoms with van der Waals surface area (Å²) < 4.78 is 0. The molecule has 1 unspecified atom stereocenters. The van der Waals surface area contributed by atoms with Crippen molar-refractivity contribution in [2.24, 2.45) is 5.92 Å². The van der Waals surface area contributed by atoms with Crippen LogP contribution in [0.1, 0.15) is 25.8 Å². The van der Waals surface area contributed by atoms with Gasteiger partial charge in [-0.3, -0.25) is 19.7 Å². The topological polar surface area (TPSA) is 101 Å². The van der Waals surface area contributed by atoms with Crippen LogP contribution in [0.15, 0.2) is 30.3 Å². The number of carbonyl (C=O) groups is 2. The van der Waals surface area contributed by atoms with Crippen molar-refractivity contribution in [3.05, 3.63) is 46.0 Å². The summed E-state index contributed by atoms with van der Waals surface area (Å²) >= 11 is 0. The minimum atomic E-state index is -0.636. The fourth-order valence-electron chi connectivity index (χ4n) is 2.06. The number of nitro benzene ring substituents is 1. The highest BCUT2D eigenvalue weighted by atomic mass is 16.6. The smallest absolute Gasteiger partial charge is 0.276 e. The van der Waals surface area contributed by atoms with Crippen LogP contribution in [0.5, 0.6) is 0 Å². The number of carbonyl (C=O) groups excluding carboxylic acids is 2. The third kappa shape index (κ3) is 5.90. The molecule has 1 aromatic carbocycles. The Balaban J connectivity index is 2.82. The molecule has 0 radical (unpaired) electrons. The van der Waals surface area contributed by atoms with Crippen molar-refractivity contribution >= 4 is 23.6 Å². The van der Waals surface area contributed by atoms with E-state index in [1.165, 1.54) is 25.3 Å². The molecule has 1 aromatic rings. The highest BCUT2D eigenvalue weighted by Crippen LogP contribution is 2.18. The van der Waals surface area contributed by atoms with E-state index in [0.717, 1.165) is 0 Å². The second kappa shape index (κ2) is 8.67. The minimum Gasteiger partial charge on any atom is -0.357 e. The van der Waals surface area contributed by atoms with Crippen LogP contribution in [0.25, 0.3) is 6.08 Å². The van der Waals surface area contributed by atoms with Gasteiger partial charge in [0.05, 0.1) is 10.5 Å². The van der Waals surface area contributed by atoms with E-state index in [-0.39, 0.29) is 17.5 Å². The van der Waals surface area contributed by atoms with Gasteiger partial charge in [-0.1, -0.05) is 26.0 Å². The lowest BCUT2D eigenvalue weighted by Gasteiger charge is -2.18. The maximum atomic E-state index is 12.0. The zero-order valence-electron chi connectivity index (χ0n) is 13.4. The Hall–Kier alpha value is -2.70. The molecule has 124 valence electrons. The van der Waals surface area contributed by atoms with E-state index < -0.39 is 16.9 Å². The Labute approximate surface area is 134 Å². The lowest BCUT2D eigenvalue weighted by Crippen LogP contribution is -2.45. The van der Waals surface area contributed by atoms with Crippen LogP contribution < -0.4 is 10.6 Å². The Bertz CT molecular complexity index is 611. The van der Waals surface area contributed by atoms with E-state index in [0.29, 0.717) is 12.0 Å². The van der Waals surface area contributed by atoms with Gasteiger partial charge in [-0.25, -0.2) is 0 Å². The molecule has 1 rings (SSSR count). The standard InChI is InChI=1S/C16H21N3O4/c1-11(2)10-13(16(21)17-3)18-15(20)9-8-12-6-4-5-7-14(12)19(22)23/h4-9,11,13H,10H2,1-3H3,(H,17,21)(H,18,20)/b9-8+. The molecule has 0 bridgehead atoms. The Morgan fingerprint density at radius 2 is 1.96 bits per heavy atom. The first-order valence-electron chi connectivity index (χ1n) is 7.28. The molecule has 0 aromatic heterocycles. The number of nitro groups is 1. The number of hydrogen-bond acceptors (Lipinski definition) is 4. The highest BCUT2D eigenvalue weighted by Gasteiger charge is 2.20. The summed E-state index contributed by atoms with van der Waals surface area (Å²) in [6.45, 7) is 3.90. The van der Waals surface area contributed by atoms with Crippen LogP contribution >= 0.6 is 0 Å². The lowest BCUT2D eigenvalue weighted by molar-refractivity contribution is -0.385. The normalized spacial score (nSPS) is 12.2.